The van der Waals surface area contributed by atoms with Gasteiger partial charge < -0.3 is 5.73 Å². The highest BCUT2D eigenvalue weighted by Crippen LogP contribution is 2.28. The lowest BCUT2D eigenvalue weighted by atomic mass is 10.2. The molecule has 1 aliphatic heterocycles. The van der Waals surface area contributed by atoms with Crippen LogP contribution in [-0.2, 0) is 6.54 Å². The van der Waals surface area contributed by atoms with Crippen LogP contribution in [0.2, 0.25) is 0 Å². The highest BCUT2D eigenvalue weighted by molar-refractivity contribution is 7.99. The summed E-state index contributed by atoms with van der Waals surface area (Å²) in [4.78, 5) is 8.89. The van der Waals surface area contributed by atoms with Crippen LogP contribution < -0.4 is 5.73 Å². The van der Waals surface area contributed by atoms with Gasteiger partial charge in [-0.1, -0.05) is 6.42 Å². The molecule has 2 aromatic rings. The van der Waals surface area contributed by atoms with Crippen molar-refractivity contribution in [3.05, 3.63) is 17.8 Å². The molecular weight excluding hydrogens is 244 g/mol. The van der Waals surface area contributed by atoms with Crippen molar-refractivity contribution in [2.24, 2.45) is 0 Å². The summed E-state index contributed by atoms with van der Waals surface area (Å²) in [6, 6.07) is 1.98. The first kappa shape index (κ1) is 11.8. The highest BCUT2D eigenvalue weighted by Gasteiger charge is 2.18. The van der Waals surface area contributed by atoms with E-state index in [9.17, 15) is 0 Å². The quantitative estimate of drug-likeness (QED) is 0.904. The van der Waals surface area contributed by atoms with Crippen LogP contribution in [0.3, 0.4) is 0 Å². The number of fused-ring (bicyclic) bond motifs is 1. The molecule has 0 spiro atoms. The van der Waals surface area contributed by atoms with Crippen LogP contribution in [0.4, 0.5) is 5.95 Å². The van der Waals surface area contributed by atoms with Crippen molar-refractivity contribution in [3.63, 3.8) is 0 Å². The fourth-order valence-electron chi connectivity index (χ4n) is 2.49. The summed E-state index contributed by atoms with van der Waals surface area (Å²) in [5, 5.41) is 0.653. The Bertz CT molecular complexity index is 557. The van der Waals surface area contributed by atoms with E-state index in [-0.39, 0.29) is 0 Å². The predicted octanol–water partition coefficient (Wildman–Crippen LogP) is 2.61. The standard InChI is InChI=1S/C13H18N4S/c1-9-5-6-15-12-11(9)16-13(14)17(12)8-10-4-2-3-7-18-10/h5-6,10H,2-4,7-8H2,1H3,(H2,14,16). The number of thioether (sulfide) groups is 1. The second kappa shape index (κ2) is 4.80. The lowest BCUT2D eigenvalue weighted by Crippen LogP contribution is -2.18. The Morgan fingerprint density at radius 3 is 3.17 bits per heavy atom. The Labute approximate surface area is 111 Å². The first-order chi connectivity index (χ1) is 8.75. The van der Waals surface area contributed by atoms with Crippen LogP contribution in [0.5, 0.6) is 0 Å². The molecule has 1 saturated heterocycles. The number of imidazole rings is 1. The molecule has 3 rings (SSSR count). The molecule has 0 aliphatic carbocycles. The Balaban J connectivity index is 1.95. The van der Waals surface area contributed by atoms with Gasteiger partial charge in [-0.3, -0.25) is 4.57 Å². The predicted molar refractivity (Wildman–Crippen MR) is 76.8 cm³/mol. The fourth-order valence-corrected chi connectivity index (χ4v) is 3.78. The first-order valence-electron chi connectivity index (χ1n) is 6.44. The summed E-state index contributed by atoms with van der Waals surface area (Å²) in [5.74, 6) is 1.86. The molecule has 1 aliphatic rings. The van der Waals surface area contributed by atoms with Gasteiger partial charge in [0.1, 0.15) is 5.52 Å². The molecular formula is C13H18N4S. The van der Waals surface area contributed by atoms with Crippen LogP contribution >= 0.6 is 11.8 Å². The van der Waals surface area contributed by atoms with E-state index >= 15 is 0 Å². The maximum atomic E-state index is 6.04. The highest BCUT2D eigenvalue weighted by atomic mass is 32.2. The molecule has 4 nitrogen and oxygen atoms in total. The molecule has 0 saturated carbocycles. The lowest BCUT2D eigenvalue weighted by molar-refractivity contribution is 0.593. The average molecular weight is 262 g/mol. The summed E-state index contributed by atoms with van der Waals surface area (Å²) >= 11 is 2.05. The van der Waals surface area contributed by atoms with Crippen LogP contribution in [0.25, 0.3) is 11.2 Å². The number of nitrogens with two attached hydrogens (primary N) is 1. The number of nitrogen functional groups attached to an aromatic ring is 1. The first-order valence-corrected chi connectivity index (χ1v) is 7.49. The van der Waals surface area contributed by atoms with Crippen molar-refractivity contribution in [2.75, 3.05) is 11.5 Å². The van der Waals surface area contributed by atoms with Crippen molar-refractivity contribution in [1.82, 2.24) is 14.5 Å². The third-order valence-electron chi connectivity index (χ3n) is 3.53. The molecule has 2 N–H and O–H groups in total. The number of hydrogen-bond donors (Lipinski definition) is 1. The molecule has 18 heavy (non-hydrogen) atoms. The molecule has 1 unspecified atom stereocenters. The number of aromatic nitrogens is 3. The van der Waals surface area contributed by atoms with Gasteiger partial charge in [0, 0.05) is 18.0 Å². The molecule has 2 aromatic heterocycles. The van der Waals surface area contributed by atoms with Gasteiger partial charge in [-0.05, 0) is 37.1 Å². The maximum Gasteiger partial charge on any atom is 0.202 e. The molecule has 1 atom stereocenters. The Kier molecular flexibility index (Phi) is 3.16. The van der Waals surface area contributed by atoms with Crippen molar-refractivity contribution in [1.29, 1.82) is 0 Å². The second-order valence-electron chi connectivity index (χ2n) is 4.87. The largest absolute Gasteiger partial charge is 0.369 e. The van der Waals surface area contributed by atoms with Crippen molar-refractivity contribution >= 4 is 28.9 Å². The zero-order chi connectivity index (χ0) is 12.5. The normalized spacial score (nSPS) is 20.4. The molecule has 0 bridgehead atoms. The summed E-state index contributed by atoms with van der Waals surface area (Å²) < 4.78 is 2.07. The van der Waals surface area contributed by atoms with Gasteiger partial charge in [0.05, 0.1) is 0 Å². The zero-order valence-electron chi connectivity index (χ0n) is 10.6. The number of nitrogens with zero attached hydrogens (tertiary/aromatic N) is 3. The monoisotopic (exact) mass is 262 g/mol. The number of anilines is 1. The van der Waals surface area contributed by atoms with E-state index in [4.69, 9.17) is 5.73 Å². The summed E-state index contributed by atoms with van der Waals surface area (Å²) in [6.07, 6.45) is 5.79. The molecule has 0 radical (unpaired) electrons. The van der Waals surface area contributed by atoms with Crippen LogP contribution in [0.15, 0.2) is 12.3 Å². The maximum absolute atomic E-state index is 6.04. The molecule has 5 heteroatoms. The number of hydrogen-bond acceptors (Lipinski definition) is 4. The Morgan fingerprint density at radius 2 is 2.39 bits per heavy atom. The molecule has 96 valence electrons. The van der Waals surface area contributed by atoms with E-state index in [0.717, 1.165) is 23.3 Å². The minimum absolute atomic E-state index is 0.595. The summed E-state index contributed by atoms with van der Waals surface area (Å²) in [7, 11) is 0. The van der Waals surface area contributed by atoms with Crippen LogP contribution in [-0.4, -0.2) is 25.5 Å². The third-order valence-corrected chi connectivity index (χ3v) is 4.91. The van der Waals surface area contributed by atoms with Gasteiger partial charge in [-0.2, -0.15) is 11.8 Å². The van der Waals surface area contributed by atoms with Gasteiger partial charge in [0.2, 0.25) is 5.95 Å². The topological polar surface area (TPSA) is 56.7 Å². The van der Waals surface area contributed by atoms with Crippen molar-refractivity contribution < 1.29 is 0 Å². The molecule has 1 fully saturated rings. The van der Waals surface area contributed by atoms with E-state index in [2.05, 4.69) is 33.2 Å². The summed E-state index contributed by atoms with van der Waals surface area (Å²) in [5.41, 5.74) is 9.05. The molecule has 0 aromatic carbocycles. The minimum Gasteiger partial charge on any atom is -0.369 e. The van der Waals surface area contributed by atoms with Crippen LogP contribution in [0, 0.1) is 6.92 Å². The number of rotatable bonds is 2. The van der Waals surface area contributed by atoms with E-state index in [1.165, 1.54) is 25.0 Å². The number of aryl methyl sites for hydroxylation is 1. The fraction of sp³-hybridized carbons (Fsp3) is 0.538. The van der Waals surface area contributed by atoms with E-state index in [0.29, 0.717) is 11.2 Å². The summed E-state index contributed by atoms with van der Waals surface area (Å²) in [6.45, 7) is 2.99. The Morgan fingerprint density at radius 1 is 1.50 bits per heavy atom. The van der Waals surface area contributed by atoms with Crippen molar-refractivity contribution in [3.8, 4) is 0 Å². The lowest BCUT2D eigenvalue weighted by Gasteiger charge is -2.22. The zero-order valence-corrected chi connectivity index (χ0v) is 11.4. The van der Waals surface area contributed by atoms with Gasteiger partial charge >= 0.3 is 0 Å². The van der Waals surface area contributed by atoms with Crippen LogP contribution in [0.1, 0.15) is 24.8 Å². The van der Waals surface area contributed by atoms with E-state index < -0.39 is 0 Å². The Hall–Kier alpha value is -1.23. The van der Waals surface area contributed by atoms with E-state index in [1.54, 1.807) is 0 Å². The third kappa shape index (κ3) is 2.07. The average Bonchev–Trinajstić information content (AvgIpc) is 2.70. The SMILES string of the molecule is Cc1ccnc2c1nc(N)n2CC1CCCCS1. The van der Waals surface area contributed by atoms with Gasteiger partial charge in [-0.15, -0.1) is 0 Å². The molecule has 3 heterocycles. The van der Waals surface area contributed by atoms with Gasteiger partial charge in [0.15, 0.2) is 5.65 Å². The minimum atomic E-state index is 0.595. The number of pyridine rings is 1. The van der Waals surface area contributed by atoms with Gasteiger partial charge in [0.25, 0.3) is 0 Å². The van der Waals surface area contributed by atoms with Gasteiger partial charge in [-0.25, -0.2) is 9.97 Å². The van der Waals surface area contributed by atoms with Crippen molar-refractivity contribution in [2.45, 2.75) is 38.0 Å². The van der Waals surface area contributed by atoms with E-state index in [1.807, 2.05) is 12.3 Å². The smallest absolute Gasteiger partial charge is 0.202 e. The molecule has 0 amide bonds. The second-order valence-corrected chi connectivity index (χ2v) is 6.28.